The molecule has 4 rings (SSSR count). The third-order valence-electron chi connectivity index (χ3n) is 5.06. The number of amides is 1. The van der Waals surface area contributed by atoms with E-state index in [0.29, 0.717) is 32.7 Å². The zero-order chi connectivity index (χ0) is 24.8. The van der Waals surface area contributed by atoms with Crippen molar-refractivity contribution in [3.63, 3.8) is 0 Å². The van der Waals surface area contributed by atoms with Gasteiger partial charge >= 0.3 is 5.97 Å². The maximum atomic E-state index is 12.7. The summed E-state index contributed by atoms with van der Waals surface area (Å²) in [5.74, 6) is -0.344. The SMILES string of the molecule is Cc1ccc(C(=O)Oc2ccc3ccccc3c2/C=N\NC(=O)COc2ccc(Cl)cc2Cl)cc1. The van der Waals surface area contributed by atoms with Gasteiger partial charge in [-0.05, 0) is 54.1 Å². The first-order valence-electron chi connectivity index (χ1n) is 10.6. The Morgan fingerprint density at radius 1 is 0.943 bits per heavy atom. The van der Waals surface area contributed by atoms with Crippen LogP contribution >= 0.6 is 23.2 Å². The van der Waals surface area contributed by atoms with E-state index in [1.165, 1.54) is 12.3 Å². The smallest absolute Gasteiger partial charge is 0.343 e. The molecular weight excluding hydrogens is 487 g/mol. The van der Waals surface area contributed by atoms with Crippen molar-refractivity contribution in [2.75, 3.05) is 6.61 Å². The van der Waals surface area contributed by atoms with Crippen LogP contribution < -0.4 is 14.9 Å². The van der Waals surface area contributed by atoms with Gasteiger partial charge in [-0.2, -0.15) is 5.10 Å². The first kappa shape index (κ1) is 24.3. The van der Waals surface area contributed by atoms with Crippen molar-refractivity contribution in [3.8, 4) is 11.5 Å². The Kier molecular flexibility index (Phi) is 7.65. The maximum absolute atomic E-state index is 12.7. The second-order valence-electron chi connectivity index (χ2n) is 7.61. The molecule has 1 amide bonds. The number of ether oxygens (including phenoxy) is 2. The van der Waals surface area contributed by atoms with Crippen LogP contribution in [0.4, 0.5) is 0 Å². The lowest BCUT2D eigenvalue weighted by Gasteiger charge is -2.11. The molecule has 0 saturated carbocycles. The largest absolute Gasteiger partial charge is 0.482 e. The molecule has 0 bridgehead atoms. The number of esters is 1. The summed E-state index contributed by atoms with van der Waals surface area (Å²) in [6, 6.07) is 22.9. The Labute approximate surface area is 212 Å². The van der Waals surface area contributed by atoms with Crippen molar-refractivity contribution in [3.05, 3.63) is 106 Å². The quantitative estimate of drug-likeness (QED) is 0.140. The number of fused-ring (bicyclic) bond motifs is 1. The summed E-state index contributed by atoms with van der Waals surface area (Å²) >= 11 is 11.9. The first-order chi connectivity index (χ1) is 16.9. The van der Waals surface area contributed by atoms with Gasteiger partial charge in [0, 0.05) is 10.6 Å². The average molecular weight is 507 g/mol. The third-order valence-corrected chi connectivity index (χ3v) is 5.59. The van der Waals surface area contributed by atoms with Gasteiger partial charge in [0.2, 0.25) is 0 Å². The fourth-order valence-electron chi connectivity index (χ4n) is 3.28. The second-order valence-corrected chi connectivity index (χ2v) is 8.45. The fourth-order valence-corrected chi connectivity index (χ4v) is 3.75. The van der Waals surface area contributed by atoms with E-state index in [2.05, 4.69) is 10.5 Å². The van der Waals surface area contributed by atoms with E-state index in [-0.39, 0.29) is 6.61 Å². The van der Waals surface area contributed by atoms with E-state index >= 15 is 0 Å². The highest BCUT2D eigenvalue weighted by Gasteiger charge is 2.14. The van der Waals surface area contributed by atoms with E-state index < -0.39 is 11.9 Å². The molecule has 0 unspecified atom stereocenters. The molecule has 0 atom stereocenters. The lowest BCUT2D eigenvalue weighted by atomic mass is 10.0. The van der Waals surface area contributed by atoms with E-state index in [0.717, 1.165) is 16.3 Å². The monoisotopic (exact) mass is 506 g/mol. The van der Waals surface area contributed by atoms with Crippen molar-refractivity contribution in [1.29, 1.82) is 0 Å². The normalized spacial score (nSPS) is 10.9. The van der Waals surface area contributed by atoms with Crippen molar-refractivity contribution < 1.29 is 19.1 Å². The lowest BCUT2D eigenvalue weighted by Crippen LogP contribution is -2.24. The number of aryl methyl sites for hydroxylation is 1. The maximum Gasteiger partial charge on any atom is 0.343 e. The molecular formula is C27H20Cl2N2O4. The molecule has 176 valence electrons. The molecule has 6 nitrogen and oxygen atoms in total. The van der Waals surface area contributed by atoms with E-state index in [9.17, 15) is 9.59 Å². The van der Waals surface area contributed by atoms with Gasteiger partial charge in [-0.1, -0.05) is 71.2 Å². The first-order valence-corrected chi connectivity index (χ1v) is 11.4. The number of carbonyl (C=O) groups is 2. The van der Waals surface area contributed by atoms with Gasteiger partial charge < -0.3 is 9.47 Å². The number of rotatable bonds is 7. The molecule has 0 aromatic heterocycles. The molecule has 0 aliphatic rings. The number of nitrogens with one attached hydrogen (secondary N) is 1. The van der Waals surface area contributed by atoms with Gasteiger partial charge in [0.1, 0.15) is 11.5 Å². The molecule has 0 saturated heterocycles. The van der Waals surface area contributed by atoms with E-state index in [4.69, 9.17) is 32.7 Å². The number of hydrogen-bond acceptors (Lipinski definition) is 5. The number of carbonyl (C=O) groups excluding carboxylic acids is 2. The minimum absolute atomic E-state index is 0.296. The van der Waals surface area contributed by atoms with Gasteiger partial charge in [-0.15, -0.1) is 0 Å². The Morgan fingerprint density at radius 3 is 2.46 bits per heavy atom. The average Bonchev–Trinajstić information content (AvgIpc) is 2.85. The minimum Gasteiger partial charge on any atom is -0.482 e. The lowest BCUT2D eigenvalue weighted by molar-refractivity contribution is -0.123. The molecule has 0 fully saturated rings. The number of benzene rings is 4. The second kappa shape index (κ2) is 11.0. The fraction of sp³-hybridized carbons (Fsp3) is 0.0741. The molecule has 0 aliphatic heterocycles. The Hall–Kier alpha value is -3.87. The summed E-state index contributed by atoms with van der Waals surface area (Å²) in [5.41, 5.74) is 4.43. The highest BCUT2D eigenvalue weighted by Crippen LogP contribution is 2.28. The minimum atomic E-state index is -0.495. The number of hydrazone groups is 1. The molecule has 8 heteroatoms. The van der Waals surface area contributed by atoms with Crippen LogP contribution in [0.2, 0.25) is 10.0 Å². The molecule has 1 N–H and O–H groups in total. The zero-order valence-corrected chi connectivity index (χ0v) is 20.1. The summed E-state index contributed by atoms with van der Waals surface area (Å²) in [5, 5.41) is 6.54. The van der Waals surface area contributed by atoms with Crippen LogP contribution in [0.1, 0.15) is 21.5 Å². The summed E-state index contributed by atoms with van der Waals surface area (Å²) in [4.78, 5) is 24.9. The van der Waals surface area contributed by atoms with Gasteiger partial charge in [0.15, 0.2) is 6.61 Å². The predicted molar refractivity (Wildman–Crippen MR) is 138 cm³/mol. The van der Waals surface area contributed by atoms with Crippen molar-refractivity contribution in [2.45, 2.75) is 6.92 Å². The van der Waals surface area contributed by atoms with Crippen molar-refractivity contribution >= 4 is 52.1 Å². The third kappa shape index (κ3) is 6.18. The van der Waals surface area contributed by atoms with Gasteiger partial charge in [-0.3, -0.25) is 4.79 Å². The summed E-state index contributed by atoms with van der Waals surface area (Å²) in [6.07, 6.45) is 1.44. The Balaban J connectivity index is 1.50. The van der Waals surface area contributed by atoms with Crippen molar-refractivity contribution in [1.82, 2.24) is 5.43 Å². The highest BCUT2D eigenvalue weighted by molar-refractivity contribution is 6.35. The van der Waals surface area contributed by atoms with Gasteiger partial charge in [0.25, 0.3) is 5.91 Å². The molecule has 4 aromatic rings. The zero-order valence-electron chi connectivity index (χ0n) is 18.6. The van der Waals surface area contributed by atoms with Crippen LogP contribution in [0, 0.1) is 6.92 Å². The number of halogens is 2. The van der Waals surface area contributed by atoms with Crippen LogP contribution in [0.15, 0.2) is 84.0 Å². The number of nitrogens with zero attached hydrogens (tertiary/aromatic N) is 1. The summed E-state index contributed by atoms with van der Waals surface area (Å²) < 4.78 is 11.1. The summed E-state index contributed by atoms with van der Waals surface area (Å²) in [7, 11) is 0. The Morgan fingerprint density at radius 2 is 1.69 bits per heavy atom. The molecule has 0 heterocycles. The van der Waals surface area contributed by atoms with E-state index in [1.807, 2.05) is 49.4 Å². The predicted octanol–water partition coefficient (Wildman–Crippen LogP) is 6.20. The topological polar surface area (TPSA) is 77.0 Å². The molecule has 0 spiro atoms. The Bertz CT molecular complexity index is 1420. The van der Waals surface area contributed by atoms with Crippen LogP contribution in [0.5, 0.6) is 11.5 Å². The molecule has 0 radical (unpaired) electrons. The van der Waals surface area contributed by atoms with Gasteiger partial charge in [0.05, 0.1) is 16.8 Å². The number of hydrogen-bond donors (Lipinski definition) is 1. The van der Waals surface area contributed by atoms with E-state index in [1.54, 1.807) is 30.3 Å². The molecule has 0 aliphatic carbocycles. The molecule has 4 aromatic carbocycles. The summed E-state index contributed by atoms with van der Waals surface area (Å²) in [6.45, 7) is 1.64. The standard InChI is InChI=1S/C27H20Cl2N2O4/c1-17-6-8-19(9-7-17)27(33)35-24-12-10-18-4-2-3-5-21(18)22(24)15-30-31-26(32)16-34-25-13-11-20(28)14-23(25)29/h2-15H,16H2,1H3,(H,31,32)/b30-15-. The van der Waals surface area contributed by atoms with Crippen LogP contribution in [0.3, 0.4) is 0 Å². The molecule has 35 heavy (non-hydrogen) atoms. The van der Waals surface area contributed by atoms with Crippen LogP contribution in [-0.2, 0) is 4.79 Å². The highest BCUT2D eigenvalue weighted by atomic mass is 35.5. The van der Waals surface area contributed by atoms with Gasteiger partial charge in [-0.25, -0.2) is 10.2 Å². The van der Waals surface area contributed by atoms with Crippen LogP contribution in [0.25, 0.3) is 10.8 Å². The van der Waals surface area contributed by atoms with Crippen molar-refractivity contribution in [2.24, 2.45) is 5.10 Å². The van der Waals surface area contributed by atoms with Crippen LogP contribution in [-0.4, -0.2) is 24.7 Å².